The normalized spacial score (nSPS) is 13.7. The molecule has 0 aromatic carbocycles. The Hall–Kier alpha value is -0.810. The first-order chi connectivity index (χ1) is 7.69. The summed E-state index contributed by atoms with van der Waals surface area (Å²) >= 11 is 0. The Morgan fingerprint density at radius 1 is 1.38 bits per heavy atom. The van der Waals surface area contributed by atoms with E-state index in [9.17, 15) is 0 Å². The van der Waals surface area contributed by atoms with Crippen LogP contribution in [0.25, 0.3) is 0 Å². The molecule has 0 fully saturated rings. The number of methoxy groups -OCH3 is 1. The van der Waals surface area contributed by atoms with E-state index in [4.69, 9.17) is 10.6 Å². The van der Waals surface area contributed by atoms with E-state index in [1.807, 2.05) is 6.92 Å². The third kappa shape index (κ3) is 5.92. The number of hydrogen-bond donors (Lipinski definition) is 2. The molecule has 0 aliphatic rings. The second kappa shape index (κ2) is 9.42. The Balaban J connectivity index is 4.49. The lowest BCUT2D eigenvalue weighted by molar-refractivity contribution is 0.185. The van der Waals surface area contributed by atoms with Gasteiger partial charge in [-0.1, -0.05) is 13.8 Å². The van der Waals surface area contributed by atoms with Crippen LogP contribution in [0.3, 0.4) is 0 Å². The molecule has 5 heteroatoms. The van der Waals surface area contributed by atoms with Gasteiger partial charge in [0.2, 0.25) is 5.96 Å². The van der Waals surface area contributed by atoms with Crippen LogP contribution in [0, 0.1) is 0 Å². The van der Waals surface area contributed by atoms with E-state index < -0.39 is 0 Å². The van der Waals surface area contributed by atoms with Crippen LogP contribution in [0.5, 0.6) is 0 Å². The van der Waals surface area contributed by atoms with Crippen molar-refractivity contribution >= 4 is 5.96 Å². The molecule has 0 heterocycles. The van der Waals surface area contributed by atoms with Gasteiger partial charge >= 0.3 is 0 Å². The zero-order valence-corrected chi connectivity index (χ0v) is 11.0. The second-order valence-corrected chi connectivity index (χ2v) is 3.89. The molecule has 1 atom stereocenters. The average Bonchev–Trinajstić information content (AvgIpc) is 2.26. The number of nitrogens with zero attached hydrogens (tertiary/aromatic N) is 2. The number of hydrogen-bond acceptors (Lipinski definition) is 3. The van der Waals surface area contributed by atoms with Gasteiger partial charge in [-0.2, -0.15) is 0 Å². The summed E-state index contributed by atoms with van der Waals surface area (Å²) in [5.74, 6) is 6.27. The third-order valence-corrected chi connectivity index (χ3v) is 2.17. The van der Waals surface area contributed by atoms with Gasteiger partial charge in [0.15, 0.2) is 0 Å². The highest BCUT2D eigenvalue weighted by Gasteiger charge is 2.09. The lowest BCUT2D eigenvalue weighted by Gasteiger charge is -2.25. The fourth-order valence-corrected chi connectivity index (χ4v) is 1.56. The molecule has 0 aromatic rings. The third-order valence-electron chi connectivity index (χ3n) is 2.17. The molecule has 0 aromatic heterocycles. The Labute approximate surface area is 99.0 Å². The highest BCUT2D eigenvalue weighted by atomic mass is 16.5. The van der Waals surface area contributed by atoms with Crippen LogP contribution < -0.4 is 11.3 Å². The molecule has 0 rings (SSSR count). The van der Waals surface area contributed by atoms with Gasteiger partial charge in [0.05, 0.1) is 12.6 Å². The van der Waals surface area contributed by atoms with Crippen molar-refractivity contribution < 1.29 is 4.74 Å². The molecule has 0 aliphatic heterocycles. The van der Waals surface area contributed by atoms with Gasteiger partial charge < -0.3 is 9.64 Å². The van der Waals surface area contributed by atoms with Crippen LogP contribution in [-0.4, -0.2) is 43.7 Å². The number of nitrogens with two attached hydrogens (primary N) is 1. The smallest absolute Gasteiger partial charge is 0.208 e. The highest BCUT2D eigenvalue weighted by molar-refractivity contribution is 5.79. The first-order valence-electron chi connectivity index (χ1n) is 5.97. The number of hydrazine groups is 1. The number of aliphatic imine (C=N–C) groups is 1. The molecular weight excluding hydrogens is 204 g/mol. The molecule has 0 aliphatic carbocycles. The fourth-order valence-electron chi connectivity index (χ4n) is 1.56. The minimum Gasteiger partial charge on any atom is -0.382 e. The number of nitrogens with one attached hydrogen (secondary N) is 1. The van der Waals surface area contributed by atoms with Crippen molar-refractivity contribution in [3.63, 3.8) is 0 Å². The molecular formula is C11H26N4O. The predicted molar refractivity (Wildman–Crippen MR) is 68.3 cm³/mol. The first-order valence-corrected chi connectivity index (χ1v) is 5.97. The van der Waals surface area contributed by atoms with Gasteiger partial charge in [-0.25, -0.2) is 10.8 Å². The monoisotopic (exact) mass is 230 g/mol. The van der Waals surface area contributed by atoms with Crippen molar-refractivity contribution in [3.8, 4) is 0 Å². The van der Waals surface area contributed by atoms with Crippen molar-refractivity contribution in [3.05, 3.63) is 0 Å². The number of rotatable bonds is 7. The van der Waals surface area contributed by atoms with Gasteiger partial charge in [-0.3, -0.25) is 5.43 Å². The Kier molecular flexibility index (Phi) is 8.94. The van der Waals surface area contributed by atoms with Crippen molar-refractivity contribution in [2.45, 2.75) is 39.7 Å². The Morgan fingerprint density at radius 2 is 1.94 bits per heavy atom. The van der Waals surface area contributed by atoms with Gasteiger partial charge in [0.1, 0.15) is 0 Å². The lowest BCUT2D eigenvalue weighted by Crippen LogP contribution is -2.46. The summed E-state index contributed by atoms with van der Waals surface area (Å²) in [6.07, 6.45) is 2.17. The zero-order chi connectivity index (χ0) is 12.4. The van der Waals surface area contributed by atoms with Gasteiger partial charge in [0.25, 0.3) is 0 Å². The maximum absolute atomic E-state index is 5.52. The van der Waals surface area contributed by atoms with Crippen LogP contribution in [0.1, 0.15) is 33.6 Å². The molecule has 0 radical (unpaired) electrons. The second-order valence-electron chi connectivity index (χ2n) is 3.89. The van der Waals surface area contributed by atoms with E-state index in [0.717, 1.165) is 31.9 Å². The van der Waals surface area contributed by atoms with Crippen LogP contribution in [0.15, 0.2) is 4.99 Å². The fraction of sp³-hybridized carbons (Fsp3) is 0.909. The van der Waals surface area contributed by atoms with E-state index in [-0.39, 0.29) is 6.04 Å². The topological polar surface area (TPSA) is 62.9 Å². The van der Waals surface area contributed by atoms with E-state index in [1.165, 1.54) is 0 Å². The first kappa shape index (κ1) is 15.2. The predicted octanol–water partition coefficient (Wildman–Crippen LogP) is 0.963. The molecule has 0 amide bonds. The minimum absolute atomic E-state index is 0.118. The molecule has 0 saturated carbocycles. The molecule has 16 heavy (non-hydrogen) atoms. The summed E-state index contributed by atoms with van der Waals surface area (Å²) in [5.41, 5.74) is 2.68. The standard InChI is InChI=1S/C11H26N4O/c1-5-7-15(8-6-2)11(14-12)13-10(3)9-16-4/h10H,5-9,12H2,1-4H3,(H,13,14). The minimum atomic E-state index is 0.118. The summed E-state index contributed by atoms with van der Waals surface area (Å²) in [6.45, 7) is 8.85. The summed E-state index contributed by atoms with van der Waals surface area (Å²) < 4.78 is 5.05. The van der Waals surface area contributed by atoms with Crippen molar-refractivity contribution in [2.24, 2.45) is 10.8 Å². The zero-order valence-electron chi connectivity index (χ0n) is 11.0. The van der Waals surface area contributed by atoms with Crippen molar-refractivity contribution in [1.82, 2.24) is 10.3 Å². The maximum Gasteiger partial charge on any atom is 0.208 e. The van der Waals surface area contributed by atoms with Crippen LogP contribution in [0.2, 0.25) is 0 Å². The highest BCUT2D eigenvalue weighted by Crippen LogP contribution is 1.98. The number of ether oxygens (including phenoxy) is 1. The Bertz CT molecular complexity index is 190. The van der Waals surface area contributed by atoms with Crippen molar-refractivity contribution in [2.75, 3.05) is 26.8 Å². The molecule has 0 bridgehead atoms. The average molecular weight is 230 g/mol. The molecule has 0 spiro atoms. The van der Waals surface area contributed by atoms with E-state index in [2.05, 4.69) is 29.2 Å². The van der Waals surface area contributed by atoms with Gasteiger partial charge in [0, 0.05) is 20.2 Å². The summed E-state index contributed by atoms with van der Waals surface area (Å²) in [7, 11) is 1.68. The SMILES string of the molecule is CCCN(CCC)C(=NC(C)COC)NN. The molecule has 5 nitrogen and oxygen atoms in total. The van der Waals surface area contributed by atoms with Crippen LogP contribution in [0.4, 0.5) is 0 Å². The summed E-state index contributed by atoms with van der Waals surface area (Å²) in [5, 5.41) is 0. The molecule has 96 valence electrons. The maximum atomic E-state index is 5.52. The summed E-state index contributed by atoms with van der Waals surface area (Å²) in [4.78, 5) is 6.68. The van der Waals surface area contributed by atoms with Gasteiger partial charge in [-0.05, 0) is 19.8 Å². The Morgan fingerprint density at radius 3 is 2.31 bits per heavy atom. The van der Waals surface area contributed by atoms with Crippen LogP contribution >= 0.6 is 0 Å². The molecule has 0 saturated heterocycles. The van der Waals surface area contributed by atoms with Crippen LogP contribution in [-0.2, 0) is 4.74 Å². The largest absolute Gasteiger partial charge is 0.382 e. The van der Waals surface area contributed by atoms with Crippen molar-refractivity contribution in [1.29, 1.82) is 0 Å². The molecule has 1 unspecified atom stereocenters. The number of guanidine groups is 1. The lowest BCUT2D eigenvalue weighted by atomic mass is 10.3. The van der Waals surface area contributed by atoms with Gasteiger partial charge in [-0.15, -0.1) is 0 Å². The quantitative estimate of drug-likeness (QED) is 0.296. The van der Waals surface area contributed by atoms with E-state index in [0.29, 0.717) is 6.61 Å². The molecule has 3 N–H and O–H groups in total. The van der Waals surface area contributed by atoms with E-state index in [1.54, 1.807) is 7.11 Å². The van der Waals surface area contributed by atoms with E-state index >= 15 is 0 Å². The summed E-state index contributed by atoms with van der Waals surface area (Å²) in [6, 6.07) is 0.118.